The predicted molar refractivity (Wildman–Crippen MR) is 63.3 cm³/mol. The van der Waals surface area contributed by atoms with E-state index in [1.165, 1.54) is 30.6 Å². The summed E-state index contributed by atoms with van der Waals surface area (Å²) >= 11 is 11.6. The number of thiophene rings is 1. The maximum atomic E-state index is 6.12. The number of hydrogen-bond acceptors (Lipinski definition) is 1. The Morgan fingerprint density at radius 1 is 1.46 bits per heavy atom. The van der Waals surface area contributed by atoms with E-state index in [0.717, 1.165) is 5.02 Å². The van der Waals surface area contributed by atoms with Gasteiger partial charge in [-0.25, -0.2) is 0 Å². The van der Waals surface area contributed by atoms with Crippen molar-refractivity contribution in [3.63, 3.8) is 0 Å². The molecule has 1 saturated carbocycles. The average molecular weight is 280 g/mol. The van der Waals surface area contributed by atoms with E-state index in [4.69, 9.17) is 11.6 Å². The fourth-order valence-electron chi connectivity index (χ4n) is 1.97. The van der Waals surface area contributed by atoms with Gasteiger partial charge in [0.05, 0.1) is 5.02 Å². The molecule has 0 saturated heterocycles. The minimum Gasteiger partial charge on any atom is -0.147 e. The van der Waals surface area contributed by atoms with Crippen molar-refractivity contribution in [2.75, 3.05) is 0 Å². The second-order valence-electron chi connectivity index (χ2n) is 3.59. The topological polar surface area (TPSA) is 0 Å². The van der Waals surface area contributed by atoms with E-state index in [2.05, 4.69) is 21.3 Å². The molecule has 0 N–H and O–H groups in total. The van der Waals surface area contributed by atoms with Crippen LogP contribution in [-0.2, 0) is 0 Å². The Hall–Kier alpha value is 0.470. The molecule has 1 fully saturated rings. The van der Waals surface area contributed by atoms with E-state index in [9.17, 15) is 0 Å². The number of hydrogen-bond donors (Lipinski definition) is 0. The molecule has 0 nitrogen and oxygen atoms in total. The van der Waals surface area contributed by atoms with Gasteiger partial charge in [-0.15, -0.1) is 11.3 Å². The predicted octanol–water partition coefficient (Wildman–Crippen LogP) is 4.82. The Morgan fingerprint density at radius 3 is 2.92 bits per heavy atom. The van der Waals surface area contributed by atoms with Gasteiger partial charge in [0.2, 0.25) is 0 Å². The monoisotopic (exact) mass is 278 g/mol. The Morgan fingerprint density at radius 2 is 2.31 bits per heavy atom. The van der Waals surface area contributed by atoms with Crippen LogP contribution in [0.3, 0.4) is 0 Å². The third-order valence-electron chi connectivity index (χ3n) is 2.63. The summed E-state index contributed by atoms with van der Waals surface area (Å²) in [7, 11) is 0. The smallest absolute Gasteiger partial charge is 0.0547 e. The largest absolute Gasteiger partial charge is 0.147 e. The van der Waals surface area contributed by atoms with Crippen LogP contribution in [0.25, 0.3) is 0 Å². The highest BCUT2D eigenvalue weighted by Gasteiger charge is 2.23. The Balaban J connectivity index is 2.12. The molecular formula is C10H12BrClS. The summed E-state index contributed by atoms with van der Waals surface area (Å²) in [6, 6.07) is 2.01. The molecule has 0 spiro atoms. The lowest BCUT2D eigenvalue weighted by Gasteiger charge is -2.24. The maximum Gasteiger partial charge on any atom is 0.0547 e. The summed E-state index contributed by atoms with van der Waals surface area (Å²) in [5, 5.41) is 3.06. The van der Waals surface area contributed by atoms with E-state index in [0.29, 0.717) is 10.7 Å². The Bertz CT molecular complexity index is 284. The van der Waals surface area contributed by atoms with Crippen molar-refractivity contribution >= 4 is 38.9 Å². The van der Waals surface area contributed by atoms with Gasteiger partial charge in [0.15, 0.2) is 0 Å². The molecule has 13 heavy (non-hydrogen) atoms. The van der Waals surface area contributed by atoms with Crippen LogP contribution < -0.4 is 0 Å². The first-order chi connectivity index (χ1) is 6.27. The molecule has 1 aliphatic rings. The summed E-state index contributed by atoms with van der Waals surface area (Å²) in [6.07, 6.45) is 5.21. The van der Waals surface area contributed by atoms with Crippen molar-refractivity contribution < 1.29 is 0 Å². The van der Waals surface area contributed by atoms with Crippen molar-refractivity contribution in [2.24, 2.45) is 0 Å². The fourth-order valence-corrected chi connectivity index (χ4v) is 4.10. The molecule has 2 atom stereocenters. The van der Waals surface area contributed by atoms with Crippen LogP contribution in [-0.4, -0.2) is 4.83 Å². The number of alkyl halides is 1. The van der Waals surface area contributed by atoms with Gasteiger partial charge in [-0.1, -0.05) is 34.0 Å². The van der Waals surface area contributed by atoms with Gasteiger partial charge in [0.1, 0.15) is 0 Å². The molecule has 0 aliphatic heterocycles. The normalized spacial score (nSPS) is 29.1. The lowest BCUT2D eigenvalue weighted by atomic mass is 9.88. The van der Waals surface area contributed by atoms with Gasteiger partial charge >= 0.3 is 0 Å². The van der Waals surface area contributed by atoms with Gasteiger partial charge in [-0.3, -0.25) is 0 Å². The summed E-state index contributed by atoms with van der Waals surface area (Å²) < 4.78 is 0. The third-order valence-corrected chi connectivity index (χ3v) is 4.98. The molecule has 0 bridgehead atoms. The van der Waals surface area contributed by atoms with Crippen molar-refractivity contribution in [2.45, 2.75) is 36.4 Å². The standard InChI is InChI=1S/C10H12BrClS/c11-8-3-1-2-7(6-8)10-9(12)4-5-13-10/h4-5,7-8H,1-3,6H2. The zero-order valence-corrected chi connectivity index (χ0v) is 10.5. The zero-order valence-electron chi connectivity index (χ0n) is 7.30. The molecule has 0 radical (unpaired) electrons. The first-order valence-electron chi connectivity index (χ1n) is 4.64. The van der Waals surface area contributed by atoms with E-state index in [1.54, 1.807) is 11.3 Å². The first kappa shape index (κ1) is 10.0. The molecule has 0 amide bonds. The summed E-state index contributed by atoms with van der Waals surface area (Å²) in [4.78, 5) is 2.09. The van der Waals surface area contributed by atoms with Crippen LogP contribution in [0.5, 0.6) is 0 Å². The van der Waals surface area contributed by atoms with Gasteiger partial charge in [0, 0.05) is 9.70 Å². The van der Waals surface area contributed by atoms with E-state index in [-0.39, 0.29) is 0 Å². The van der Waals surface area contributed by atoms with Crippen molar-refractivity contribution in [3.05, 3.63) is 21.3 Å². The summed E-state index contributed by atoms with van der Waals surface area (Å²) in [5.74, 6) is 0.700. The molecule has 0 aromatic carbocycles. The van der Waals surface area contributed by atoms with Gasteiger partial charge in [-0.2, -0.15) is 0 Å². The number of rotatable bonds is 1. The molecule has 1 aliphatic carbocycles. The quantitative estimate of drug-likeness (QED) is 0.646. The SMILES string of the molecule is Clc1ccsc1C1CCCC(Br)C1. The van der Waals surface area contributed by atoms with Crippen LogP contribution in [0.15, 0.2) is 11.4 Å². The van der Waals surface area contributed by atoms with Crippen LogP contribution in [0.2, 0.25) is 5.02 Å². The van der Waals surface area contributed by atoms with E-state index in [1.807, 2.05) is 6.07 Å². The van der Waals surface area contributed by atoms with Crippen molar-refractivity contribution in [3.8, 4) is 0 Å². The van der Waals surface area contributed by atoms with Gasteiger partial charge in [-0.05, 0) is 36.6 Å². The molecule has 1 heterocycles. The molecule has 2 unspecified atom stereocenters. The minimum absolute atomic E-state index is 0.699. The lowest BCUT2D eigenvalue weighted by molar-refractivity contribution is 0.463. The summed E-state index contributed by atoms with van der Waals surface area (Å²) in [5.41, 5.74) is 0. The highest BCUT2D eigenvalue weighted by Crippen LogP contribution is 2.41. The van der Waals surface area contributed by atoms with Gasteiger partial charge < -0.3 is 0 Å². The average Bonchev–Trinajstić information content (AvgIpc) is 2.51. The molecule has 1 aromatic heterocycles. The van der Waals surface area contributed by atoms with Crippen LogP contribution >= 0.6 is 38.9 Å². The number of halogens is 2. The molecule has 3 heteroatoms. The summed E-state index contributed by atoms with van der Waals surface area (Å²) in [6.45, 7) is 0. The third kappa shape index (κ3) is 2.28. The lowest BCUT2D eigenvalue weighted by Crippen LogP contribution is -2.12. The van der Waals surface area contributed by atoms with Gasteiger partial charge in [0.25, 0.3) is 0 Å². The molecule has 1 aromatic rings. The van der Waals surface area contributed by atoms with E-state index >= 15 is 0 Å². The minimum atomic E-state index is 0.699. The second kappa shape index (κ2) is 4.33. The van der Waals surface area contributed by atoms with Crippen molar-refractivity contribution in [1.82, 2.24) is 0 Å². The van der Waals surface area contributed by atoms with Crippen LogP contribution in [0.4, 0.5) is 0 Å². The molecule has 2 rings (SSSR count). The van der Waals surface area contributed by atoms with Crippen molar-refractivity contribution in [1.29, 1.82) is 0 Å². The van der Waals surface area contributed by atoms with Crippen LogP contribution in [0.1, 0.15) is 36.5 Å². The maximum absolute atomic E-state index is 6.12. The Labute approximate surface area is 96.4 Å². The Kier molecular flexibility index (Phi) is 3.33. The zero-order chi connectivity index (χ0) is 9.26. The molecule has 72 valence electrons. The molecular weight excluding hydrogens is 268 g/mol. The fraction of sp³-hybridized carbons (Fsp3) is 0.600. The van der Waals surface area contributed by atoms with E-state index < -0.39 is 0 Å². The highest BCUT2D eigenvalue weighted by molar-refractivity contribution is 9.09. The first-order valence-corrected chi connectivity index (χ1v) is 6.81. The highest BCUT2D eigenvalue weighted by atomic mass is 79.9. The second-order valence-corrected chi connectivity index (χ2v) is 6.24. The van der Waals surface area contributed by atoms with Crippen LogP contribution in [0, 0.1) is 0 Å².